The molecule has 0 spiro atoms. The van der Waals surface area contributed by atoms with Crippen molar-refractivity contribution in [3.8, 4) is 6.07 Å². The Kier molecular flexibility index (Phi) is 4.73. The maximum absolute atomic E-state index is 12.7. The van der Waals surface area contributed by atoms with Gasteiger partial charge in [-0.15, -0.1) is 0 Å². The van der Waals surface area contributed by atoms with Crippen LogP contribution in [-0.4, -0.2) is 17.8 Å². The average molecular weight is 298 g/mol. The van der Waals surface area contributed by atoms with Crippen molar-refractivity contribution in [3.63, 3.8) is 0 Å². The minimum atomic E-state index is -4.51. The minimum Gasteiger partial charge on any atom is -0.393 e. The molecule has 1 aromatic carbocycles. The van der Waals surface area contributed by atoms with Crippen LogP contribution in [0.5, 0.6) is 0 Å². The van der Waals surface area contributed by atoms with Crippen molar-refractivity contribution in [2.45, 2.75) is 38.0 Å². The lowest BCUT2D eigenvalue weighted by Gasteiger charge is -2.25. The zero-order valence-electron chi connectivity index (χ0n) is 11.5. The summed E-state index contributed by atoms with van der Waals surface area (Å²) in [7, 11) is 0. The lowest BCUT2D eigenvalue weighted by Crippen LogP contribution is -2.23. The quantitative estimate of drug-likeness (QED) is 0.897. The highest BCUT2D eigenvalue weighted by molar-refractivity contribution is 5.53. The normalized spacial score (nSPS) is 22.6. The molecule has 6 heteroatoms. The van der Waals surface area contributed by atoms with E-state index in [9.17, 15) is 18.3 Å². The number of nitrogens with one attached hydrogen (secondary N) is 1. The highest BCUT2D eigenvalue weighted by Gasteiger charge is 2.33. The molecule has 1 fully saturated rings. The van der Waals surface area contributed by atoms with E-state index >= 15 is 0 Å². The summed E-state index contributed by atoms with van der Waals surface area (Å²) in [6, 6.07) is 5.11. The van der Waals surface area contributed by atoms with Gasteiger partial charge in [-0.2, -0.15) is 18.4 Å². The molecule has 0 amide bonds. The Labute approximate surface area is 121 Å². The first-order chi connectivity index (χ1) is 9.90. The molecule has 0 atom stereocenters. The molecule has 0 aliphatic heterocycles. The lowest BCUT2D eigenvalue weighted by atomic mass is 9.87. The van der Waals surface area contributed by atoms with E-state index in [4.69, 9.17) is 5.26 Å². The number of benzene rings is 1. The van der Waals surface area contributed by atoms with Crippen LogP contribution in [0, 0.1) is 17.2 Å². The van der Waals surface area contributed by atoms with Crippen LogP contribution in [0.2, 0.25) is 0 Å². The number of halogens is 3. The molecule has 2 N–H and O–H groups in total. The first-order valence-corrected chi connectivity index (χ1v) is 6.93. The van der Waals surface area contributed by atoms with Gasteiger partial charge in [0.1, 0.15) is 0 Å². The molecule has 1 aliphatic rings. The van der Waals surface area contributed by atoms with Crippen LogP contribution in [-0.2, 0) is 6.18 Å². The second-order valence-corrected chi connectivity index (χ2v) is 5.43. The summed E-state index contributed by atoms with van der Waals surface area (Å²) >= 11 is 0. The second kappa shape index (κ2) is 6.35. The Bertz CT molecular complexity index is 529. The molecule has 0 unspecified atom stereocenters. The van der Waals surface area contributed by atoms with Crippen LogP contribution in [0.4, 0.5) is 18.9 Å². The smallest absolute Gasteiger partial charge is 0.393 e. The molecule has 0 heterocycles. The van der Waals surface area contributed by atoms with Crippen LogP contribution in [0.1, 0.15) is 36.8 Å². The third-order valence-electron chi connectivity index (χ3n) is 3.86. The van der Waals surface area contributed by atoms with E-state index in [0.717, 1.165) is 31.7 Å². The van der Waals surface area contributed by atoms with E-state index in [1.807, 2.05) is 0 Å². The first-order valence-electron chi connectivity index (χ1n) is 6.93. The van der Waals surface area contributed by atoms with Crippen molar-refractivity contribution >= 4 is 5.69 Å². The second-order valence-electron chi connectivity index (χ2n) is 5.43. The predicted octanol–water partition coefficient (Wildman–Crippen LogP) is 3.54. The largest absolute Gasteiger partial charge is 0.417 e. The number of aliphatic hydroxyl groups is 1. The lowest BCUT2D eigenvalue weighted by molar-refractivity contribution is -0.137. The van der Waals surface area contributed by atoms with Crippen LogP contribution in [0.3, 0.4) is 0 Å². The molecule has 21 heavy (non-hydrogen) atoms. The van der Waals surface area contributed by atoms with E-state index in [1.54, 1.807) is 6.07 Å². The highest BCUT2D eigenvalue weighted by Crippen LogP contribution is 2.33. The zero-order valence-corrected chi connectivity index (χ0v) is 11.5. The maximum Gasteiger partial charge on any atom is 0.417 e. The summed E-state index contributed by atoms with van der Waals surface area (Å²) in [5, 5.41) is 21.4. The van der Waals surface area contributed by atoms with E-state index in [1.165, 1.54) is 12.1 Å². The van der Waals surface area contributed by atoms with E-state index < -0.39 is 11.7 Å². The van der Waals surface area contributed by atoms with Crippen molar-refractivity contribution in [3.05, 3.63) is 29.3 Å². The molecule has 0 radical (unpaired) electrons. The maximum atomic E-state index is 12.7. The van der Waals surface area contributed by atoms with Gasteiger partial charge in [-0.25, -0.2) is 0 Å². The van der Waals surface area contributed by atoms with Crippen LogP contribution in [0.25, 0.3) is 0 Å². The molecule has 0 bridgehead atoms. The van der Waals surface area contributed by atoms with Gasteiger partial charge < -0.3 is 10.4 Å². The fourth-order valence-electron chi connectivity index (χ4n) is 2.61. The van der Waals surface area contributed by atoms with Gasteiger partial charge in [0, 0.05) is 12.2 Å². The van der Waals surface area contributed by atoms with Gasteiger partial charge in [-0.05, 0) is 49.8 Å². The van der Waals surface area contributed by atoms with Gasteiger partial charge >= 0.3 is 6.18 Å². The SMILES string of the molecule is N#Cc1cc(NCC2CCC(O)CC2)ccc1C(F)(F)F. The summed E-state index contributed by atoms with van der Waals surface area (Å²) in [5.74, 6) is 0.404. The molecule has 2 rings (SSSR count). The van der Waals surface area contributed by atoms with Crippen molar-refractivity contribution in [2.75, 3.05) is 11.9 Å². The van der Waals surface area contributed by atoms with Crippen LogP contribution in [0.15, 0.2) is 18.2 Å². The Balaban J connectivity index is 2.00. The van der Waals surface area contributed by atoms with Crippen molar-refractivity contribution in [2.24, 2.45) is 5.92 Å². The van der Waals surface area contributed by atoms with Crippen molar-refractivity contribution < 1.29 is 18.3 Å². The Morgan fingerprint density at radius 2 is 1.90 bits per heavy atom. The van der Waals surface area contributed by atoms with E-state index in [2.05, 4.69) is 5.32 Å². The third kappa shape index (κ3) is 4.11. The van der Waals surface area contributed by atoms with Crippen molar-refractivity contribution in [1.29, 1.82) is 5.26 Å². The Morgan fingerprint density at radius 1 is 1.24 bits per heavy atom. The van der Waals surface area contributed by atoms with Gasteiger partial charge in [0.15, 0.2) is 0 Å². The Morgan fingerprint density at radius 3 is 2.48 bits per heavy atom. The summed E-state index contributed by atoms with van der Waals surface area (Å²) < 4.78 is 38.1. The van der Waals surface area contributed by atoms with E-state index in [0.29, 0.717) is 18.2 Å². The number of anilines is 1. The topological polar surface area (TPSA) is 56.0 Å². The fourth-order valence-corrected chi connectivity index (χ4v) is 2.61. The standard InChI is InChI=1S/C15H17F3N2O/c16-15(17,18)14-6-3-12(7-11(14)8-19)20-9-10-1-4-13(21)5-2-10/h3,6-7,10,13,20-21H,1-2,4-5,9H2. The Hall–Kier alpha value is -1.74. The summed E-state index contributed by atoms with van der Waals surface area (Å²) in [6.45, 7) is 0.642. The first kappa shape index (κ1) is 15.6. The van der Waals surface area contributed by atoms with Gasteiger partial charge in [-0.3, -0.25) is 0 Å². The molecular weight excluding hydrogens is 281 g/mol. The monoisotopic (exact) mass is 298 g/mol. The van der Waals surface area contributed by atoms with Gasteiger partial charge in [0.25, 0.3) is 0 Å². The molecule has 114 valence electrons. The average Bonchev–Trinajstić information content (AvgIpc) is 2.45. The molecular formula is C15H17F3N2O. The molecule has 1 aromatic rings. The number of hydrogen-bond acceptors (Lipinski definition) is 3. The molecule has 3 nitrogen and oxygen atoms in total. The van der Waals surface area contributed by atoms with Gasteiger partial charge in [0.05, 0.1) is 23.3 Å². The van der Waals surface area contributed by atoms with Crippen molar-refractivity contribution in [1.82, 2.24) is 0 Å². The van der Waals surface area contributed by atoms with Gasteiger partial charge in [0.2, 0.25) is 0 Å². The van der Waals surface area contributed by atoms with Gasteiger partial charge in [-0.1, -0.05) is 0 Å². The fraction of sp³-hybridized carbons (Fsp3) is 0.533. The molecule has 1 saturated carbocycles. The number of rotatable bonds is 3. The predicted molar refractivity (Wildman–Crippen MR) is 72.6 cm³/mol. The van der Waals surface area contributed by atoms with E-state index in [-0.39, 0.29) is 11.7 Å². The molecule has 0 aromatic heterocycles. The summed E-state index contributed by atoms with van der Waals surface area (Å²) in [4.78, 5) is 0. The zero-order chi connectivity index (χ0) is 15.5. The van der Waals surface area contributed by atoms with Crippen LogP contribution < -0.4 is 5.32 Å². The number of hydrogen-bond donors (Lipinski definition) is 2. The number of nitrogens with zero attached hydrogens (tertiary/aromatic N) is 1. The number of aliphatic hydroxyl groups excluding tert-OH is 1. The third-order valence-corrected chi connectivity index (χ3v) is 3.86. The molecule has 0 saturated heterocycles. The summed E-state index contributed by atoms with van der Waals surface area (Å²) in [5.41, 5.74) is -0.756. The highest BCUT2D eigenvalue weighted by atomic mass is 19.4. The minimum absolute atomic E-state index is 0.225. The number of alkyl halides is 3. The molecule has 1 aliphatic carbocycles. The number of nitriles is 1. The van der Waals surface area contributed by atoms with Crippen LogP contribution >= 0.6 is 0 Å². The summed E-state index contributed by atoms with van der Waals surface area (Å²) in [6.07, 6.45) is -1.40.